The molecule has 2 rings (SSSR count). The molecular weight excluding hydrogens is 366 g/mol. The van der Waals surface area contributed by atoms with E-state index in [1.165, 1.54) is 19.2 Å². The van der Waals surface area contributed by atoms with E-state index < -0.39 is 21.5 Å². The molecule has 0 fully saturated rings. The first kappa shape index (κ1) is 20.1. The average Bonchev–Trinajstić information content (AvgIpc) is 2.66. The molecule has 2 aromatic rings. The number of amides is 2. The van der Waals surface area contributed by atoms with Crippen LogP contribution in [0.2, 0.25) is 0 Å². The lowest BCUT2D eigenvalue weighted by molar-refractivity contribution is -0.118. The van der Waals surface area contributed by atoms with Crippen LogP contribution < -0.4 is 10.6 Å². The molecule has 0 radical (unpaired) electrons. The van der Waals surface area contributed by atoms with Crippen LogP contribution in [0.3, 0.4) is 0 Å². The fourth-order valence-electron chi connectivity index (χ4n) is 2.35. The lowest BCUT2D eigenvalue weighted by Gasteiger charge is -2.08. The Bertz CT molecular complexity index is 960. The van der Waals surface area contributed by atoms with Crippen molar-refractivity contribution < 1.29 is 18.0 Å². The molecule has 0 saturated carbocycles. The van der Waals surface area contributed by atoms with Gasteiger partial charge in [-0.15, -0.1) is 0 Å². The number of sulfone groups is 1. The van der Waals surface area contributed by atoms with Crippen molar-refractivity contribution in [3.8, 4) is 6.07 Å². The molecule has 0 unspecified atom stereocenters. The van der Waals surface area contributed by atoms with E-state index in [2.05, 4.69) is 10.6 Å². The van der Waals surface area contributed by atoms with Crippen molar-refractivity contribution in [1.29, 1.82) is 5.26 Å². The summed E-state index contributed by atoms with van der Waals surface area (Å²) in [4.78, 5) is 23.4. The van der Waals surface area contributed by atoms with Gasteiger partial charge in [0, 0.05) is 19.2 Å². The Hall–Kier alpha value is -3.18. The smallest absolute Gasteiger partial charge is 0.251 e. The van der Waals surface area contributed by atoms with Crippen LogP contribution in [0.25, 0.3) is 0 Å². The van der Waals surface area contributed by atoms with E-state index in [1.807, 2.05) is 6.07 Å². The number of carbonyl (C=O) groups is 2. The molecule has 0 spiro atoms. The van der Waals surface area contributed by atoms with E-state index in [0.29, 0.717) is 16.7 Å². The van der Waals surface area contributed by atoms with Gasteiger partial charge in [0.2, 0.25) is 5.91 Å². The summed E-state index contributed by atoms with van der Waals surface area (Å²) in [5, 5.41) is 13.8. The summed E-state index contributed by atoms with van der Waals surface area (Å²) in [5.74, 6) is -1.70. The Balaban J connectivity index is 1.88. The Labute approximate surface area is 157 Å². The minimum absolute atomic E-state index is 0.166. The number of carbonyl (C=O) groups excluding carboxylic acids is 2. The van der Waals surface area contributed by atoms with Crippen LogP contribution >= 0.6 is 0 Å². The second-order valence-electron chi connectivity index (χ2n) is 5.89. The molecule has 0 heterocycles. The average molecular weight is 385 g/mol. The summed E-state index contributed by atoms with van der Waals surface area (Å²) in [7, 11) is -2.09. The van der Waals surface area contributed by atoms with Gasteiger partial charge in [0.15, 0.2) is 9.84 Å². The molecule has 0 bridgehead atoms. The summed E-state index contributed by atoms with van der Waals surface area (Å²) in [6, 6.07) is 14.8. The molecule has 7 nitrogen and oxygen atoms in total. The summed E-state index contributed by atoms with van der Waals surface area (Å²) in [6.45, 7) is 0.166. The summed E-state index contributed by atoms with van der Waals surface area (Å²) in [5.41, 5.74) is 2.21. The number of nitrogens with one attached hydrogen (secondary N) is 2. The van der Waals surface area contributed by atoms with Crippen molar-refractivity contribution in [3.63, 3.8) is 0 Å². The van der Waals surface area contributed by atoms with Gasteiger partial charge in [0.1, 0.15) is 5.75 Å². The molecule has 2 aromatic carbocycles. The number of nitriles is 1. The SMILES string of the molecule is CNC(=O)c1ccc(CNC(=O)CS(=O)(=O)Cc2ccc(C#N)cc2)cc1. The van der Waals surface area contributed by atoms with Crippen molar-refractivity contribution in [2.75, 3.05) is 12.8 Å². The molecule has 0 aliphatic rings. The highest BCUT2D eigenvalue weighted by Gasteiger charge is 2.17. The van der Waals surface area contributed by atoms with Gasteiger partial charge in [-0.05, 0) is 35.4 Å². The highest BCUT2D eigenvalue weighted by atomic mass is 32.2. The summed E-state index contributed by atoms with van der Waals surface area (Å²) < 4.78 is 24.3. The van der Waals surface area contributed by atoms with Crippen molar-refractivity contribution in [1.82, 2.24) is 10.6 Å². The second kappa shape index (κ2) is 8.96. The van der Waals surface area contributed by atoms with Gasteiger partial charge in [-0.25, -0.2) is 8.42 Å². The van der Waals surface area contributed by atoms with Crippen molar-refractivity contribution in [3.05, 3.63) is 70.8 Å². The molecule has 2 amide bonds. The highest BCUT2D eigenvalue weighted by molar-refractivity contribution is 7.91. The van der Waals surface area contributed by atoms with E-state index in [1.54, 1.807) is 36.4 Å². The summed E-state index contributed by atoms with van der Waals surface area (Å²) >= 11 is 0. The zero-order chi connectivity index (χ0) is 19.9. The Morgan fingerprint density at radius 3 is 2.15 bits per heavy atom. The molecular formula is C19H19N3O4S. The Kier molecular flexibility index (Phi) is 6.68. The van der Waals surface area contributed by atoms with Crippen molar-refractivity contribution >= 4 is 21.7 Å². The fraction of sp³-hybridized carbons (Fsp3) is 0.211. The topological polar surface area (TPSA) is 116 Å². The number of hydrogen-bond donors (Lipinski definition) is 2. The van der Waals surface area contributed by atoms with Gasteiger partial charge in [-0.2, -0.15) is 5.26 Å². The molecule has 0 atom stereocenters. The minimum atomic E-state index is -3.63. The third-order valence-corrected chi connectivity index (χ3v) is 5.23. The van der Waals surface area contributed by atoms with Crippen LogP contribution in [0.4, 0.5) is 0 Å². The van der Waals surface area contributed by atoms with Crippen LogP contribution in [0.15, 0.2) is 48.5 Å². The minimum Gasteiger partial charge on any atom is -0.355 e. The quantitative estimate of drug-likeness (QED) is 0.742. The normalized spacial score (nSPS) is 10.7. The molecule has 0 saturated heterocycles. The van der Waals surface area contributed by atoms with Gasteiger partial charge in [-0.3, -0.25) is 9.59 Å². The first-order valence-electron chi connectivity index (χ1n) is 8.10. The van der Waals surface area contributed by atoms with Crippen molar-refractivity contribution in [2.45, 2.75) is 12.3 Å². The van der Waals surface area contributed by atoms with Gasteiger partial charge in [0.25, 0.3) is 5.91 Å². The zero-order valence-electron chi connectivity index (χ0n) is 14.7. The molecule has 2 N–H and O–H groups in total. The van der Waals surface area contributed by atoms with E-state index in [4.69, 9.17) is 5.26 Å². The number of hydrogen-bond acceptors (Lipinski definition) is 5. The van der Waals surface area contributed by atoms with E-state index in [0.717, 1.165) is 5.56 Å². The van der Waals surface area contributed by atoms with E-state index in [-0.39, 0.29) is 18.2 Å². The largest absolute Gasteiger partial charge is 0.355 e. The highest BCUT2D eigenvalue weighted by Crippen LogP contribution is 2.09. The monoisotopic (exact) mass is 385 g/mol. The number of nitrogens with zero attached hydrogens (tertiary/aromatic N) is 1. The Morgan fingerprint density at radius 2 is 1.59 bits per heavy atom. The Morgan fingerprint density at radius 1 is 1.00 bits per heavy atom. The third-order valence-electron chi connectivity index (χ3n) is 3.75. The van der Waals surface area contributed by atoms with Crippen molar-refractivity contribution in [2.24, 2.45) is 0 Å². The lowest BCUT2D eigenvalue weighted by Crippen LogP contribution is -2.30. The predicted molar refractivity (Wildman–Crippen MR) is 100 cm³/mol. The molecule has 0 aliphatic heterocycles. The molecule has 0 aliphatic carbocycles. The van der Waals surface area contributed by atoms with Crippen LogP contribution in [0.1, 0.15) is 27.0 Å². The van der Waals surface area contributed by atoms with Gasteiger partial charge in [0.05, 0.1) is 17.4 Å². The van der Waals surface area contributed by atoms with Crippen LogP contribution in [0, 0.1) is 11.3 Å². The fourth-order valence-corrected chi connectivity index (χ4v) is 3.65. The molecule has 0 aromatic heterocycles. The van der Waals surface area contributed by atoms with Crippen LogP contribution in [-0.2, 0) is 26.9 Å². The van der Waals surface area contributed by atoms with E-state index >= 15 is 0 Å². The maximum absolute atomic E-state index is 12.2. The van der Waals surface area contributed by atoms with E-state index in [9.17, 15) is 18.0 Å². The molecule has 140 valence electrons. The van der Waals surface area contributed by atoms with Gasteiger partial charge in [-0.1, -0.05) is 24.3 Å². The molecule has 8 heteroatoms. The number of benzene rings is 2. The lowest BCUT2D eigenvalue weighted by atomic mass is 10.1. The standard InChI is InChI=1S/C19H19N3O4S/c1-21-19(24)17-8-6-15(7-9-17)11-22-18(23)13-27(25,26)12-16-4-2-14(10-20)3-5-16/h2-9H,11-13H2,1H3,(H,21,24)(H,22,23). The predicted octanol–water partition coefficient (Wildman–Crippen LogP) is 1.15. The van der Waals surface area contributed by atoms with Gasteiger partial charge < -0.3 is 10.6 Å². The number of rotatable bonds is 7. The maximum Gasteiger partial charge on any atom is 0.251 e. The zero-order valence-corrected chi connectivity index (χ0v) is 15.5. The first-order valence-corrected chi connectivity index (χ1v) is 9.92. The second-order valence-corrected chi connectivity index (χ2v) is 7.96. The van der Waals surface area contributed by atoms with Gasteiger partial charge >= 0.3 is 0 Å². The summed E-state index contributed by atoms with van der Waals surface area (Å²) in [6.07, 6.45) is 0. The van der Waals surface area contributed by atoms with Crippen LogP contribution in [-0.4, -0.2) is 33.0 Å². The maximum atomic E-state index is 12.2. The third kappa shape index (κ3) is 6.24. The van der Waals surface area contributed by atoms with Crippen LogP contribution in [0.5, 0.6) is 0 Å². The first-order chi connectivity index (χ1) is 12.8. The molecule has 27 heavy (non-hydrogen) atoms.